The smallest absolute Gasteiger partial charge is 0.119 e. The lowest BCUT2D eigenvalue weighted by Crippen LogP contribution is -2.04. The average molecular weight is 413 g/mol. The van der Waals surface area contributed by atoms with Crippen LogP contribution in [0.4, 0.5) is 0 Å². The minimum Gasteiger partial charge on any atom is -0.494 e. The van der Waals surface area contributed by atoms with E-state index in [-0.39, 0.29) is 0 Å². The van der Waals surface area contributed by atoms with E-state index in [1.165, 1.54) is 0 Å². The zero-order valence-corrected chi connectivity index (χ0v) is 17.9. The number of nitrogens with zero attached hydrogens (tertiary/aromatic N) is 2. The summed E-state index contributed by atoms with van der Waals surface area (Å²) in [5.74, 6) is 1.63. The molecule has 2 N–H and O–H groups in total. The molecular formula is C24H32N2O4. The summed E-state index contributed by atoms with van der Waals surface area (Å²) in [6.45, 7) is 5.50. The van der Waals surface area contributed by atoms with E-state index in [1.807, 2.05) is 48.5 Å². The molecule has 2 aromatic rings. The molecule has 0 saturated carbocycles. The molecule has 0 radical (unpaired) electrons. The van der Waals surface area contributed by atoms with E-state index in [9.17, 15) is 10.4 Å². The van der Waals surface area contributed by atoms with Crippen molar-refractivity contribution in [3.05, 3.63) is 59.7 Å². The SMILES string of the molecule is CCCOc1ccc(/C(CCCC/C(=N/O)c2ccc(OCCC)cc2)=N\O)cc1. The van der Waals surface area contributed by atoms with Crippen LogP contribution in [0, 0.1) is 0 Å². The third kappa shape index (κ3) is 7.43. The van der Waals surface area contributed by atoms with Crippen LogP contribution in [0.5, 0.6) is 11.5 Å². The van der Waals surface area contributed by atoms with E-state index in [0.717, 1.165) is 48.3 Å². The van der Waals surface area contributed by atoms with Gasteiger partial charge in [-0.25, -0.2) is 0 Å². The van der Waals surface area contributed by atoms with Crippen LogP contribution in [0.2, 0.25) is 0 Å². The Balaban J connectivity index is 1.83. The molecule has 0 heterocycles. The first-order chi connectivity index (χ1) is 14.7. The maximum absolute atomic E-state index is 9.39. The first kappa shape index (κ1) is 23.3. The summed E-state index contributed by atoms with van der Waals surface area (Å²) >= 11 is 0. The number of unbranched alkanes of at least 4 members (excludes halogenated alkanes) is 1. The van der Waals surface area contributed by atoms with Crippen LogP contribution in [0.15, 0.2) is 58.8 Å². The van der Waals surface area contributed by atoms with Crippen LogP contribution >= 0.6 is 0 Å². The van der Waals surface area contributed by atoms with Crippen molar-refractivity contribution in [3.63, 3.8) is 0 Å². The molecule has 0 bridgehead atoms. The molecule has 0 unspecified atom stereocenters. The number of oxime groups is 2. The molecule has 162 valence electrons. The highest BCUT2D eigenvalue weighted by atomic mass is 16.5. The first-order valence-electron chi connectivity index (χ1n) is 10.6. The Labute approximate surface area is 178 Å². The summed E-state index contributed by atoms with van der Waals surface area (Å²) < 4.78 is 11.2. The largest absolute Gasteiger partial charge is 0.494 e. The molecule has 0 saturated heterocycles. The van der Waals surface area contributed by atoms with E-state index in [2.05, 4.69) is 24.2 Å². The standard InChI is InChI=1S/C24H32N2O4/c1-3-17-29-21-13-9-19(10-14-21)23(25-27)7-5-6-8-24(26-28)20-11-15-22(16-12-20)30-18-4-2/h9-16,27-28H,3-8,17-18H2,1-2H3/b25-23-,26-24-. The molecule has 0 fully saturated rings. The molecule has 30 heavy (non-hydrogen) atoms. The fraction of sp³-hybridized carbons (Fsp3) is 0.417. The molecule has 0 aliphatic rings. The van der Waals surface area contributed by atoms with Crippen LogP contribution < -0.4 is 9.47 Å². The molecule has 0 aromatic heterocycles. The van der Waals surface area contributed by atoms with Gasteiger partial charge in [0.25, 0.3) is 0 Å². The van der Waals surface area contributed by atoms with Crippen molar-refractivity contribution in [2.24, 2.45) is 10.3 Å². The van der Waals surface area contributed by atoms with Crippen molar-refractivity contribution in [2.75, 3.05) is 13.2 Å². The summed E-state index contributed by atoms with van der Waals surface area (Å²) in [6.07, 6.45) is 4.80. The molecule has 6 heteroatoms. The van der Waals surface area contributed by atoms with Gasteiger partial charge in [0, 0.05) is 0 Å². The Bertz CT molecular complexity index is 729. The lowest BCUT2D eigenvalue weighted by Gasteiger charge is -2.09. The van der Waals surface area contributed by atoms with Crippen molar-refractivity contribution in [1.82, 2.24) is 0 Å². The number of ether oxygens (including phenoxy) is 2. The minimum atomic E-state index is 0.633. The highest BCUT2D eigenvalue weighted by molar-refractivity contribution is 6.01. The van der Waals surface area contributed by atoms with E-state index in [0.29, 0.717) is 37.5 Å². The second-order valence-corrected chi connectivity index (χ2v) is 7.05. The van der Waals surface area contributed by atoms with E-state index in [1.54, 1.807) is 0 Å². The van der Waals surface area contributed by atoms with Crippen molar-refractivity contribution < 1.29 is 19.9 Å². The number of rotatable bonds is 13. The second kappa shape index (κ2) is 13.2. The Morgan fingerprint density at radius 2 is 1.03 bits per heavy atom. The minimum absolute atomic E-state index is 0.633. The summed E-state index contributed by atoms with van der Waals surface area (Å²) in [4.78, 5) is 0. The van der Waals surface area contributed by atoms with Gasteiger partial charge in [-0.2, -0.15) is 0 Å². The second-order valence-electron chi connectivity index (χ2n) is 7.05. The van der Waals surface area contributed by atoms with Crippen LogP contribution in [0.3, 0.4) is 0 Å². The Morgan fingerprint density at radius 1 is 0.667 bits per heavy atom. The third-order valence-corrected chi connectivity index (χ3v) is 4.64. The molecule has 0 aliphatic carbocycles. The highest BCUT2D eigenvalue weighted by Gasteiger charge is 2.08. The Morgan fingerprint density at radius 3 is 1.33 bits per heavy atom. The van der Waals surface area contributed by atoms with E-state index >= 15 is 0 Å². The topological polar surface area (TPSA) is 83.6 Å². The fourth-order valence-electron chi connectivity index (χ4n) is 3.02. The van der Waals surface area contributed by atoms with Crippen LogP contribution in [0.25, 0.3) is 0 Å². The van der Waals surface area contributed by atoms with Gasteiger partial charge in [-0.05, 0) is 98.2 Å². The molecule has 0 atom stereocenters. The molecule has 6 nitrogen and oxygen atoms in total. The van der Waals surface area contributed by atoms with Crippen molar-refractivity contribution in [1.29, 1.82) is 0 Å². The van der Waals surface area contributed by atoms with E-state index < -0.39 is 0 Å². The number of benzene rings is 2. The lowest BCUT2D eigenvalue weighted by molar-refractivity contribution is 0.316. The predicted molar refractivity (Wildman–Crippen MR) is 120 cm³/mol. The van der Waals surface area contributed by atoms with Gasteiger partial charge < -0.3 is 19.9 Å². The van der Waals surface area contributed by atoms with Gasteiger partial charge in [0.2, 0.25) is 0 Å². The molecule has 0 aliphatic heterocycles. The van der Waals surface area contributed by atoms with Gasteiger partial charge in [-0.15, -0.1) is 0 Å². The summed E-state index contributed by atoms with van der Waals surface area (Å²) in [5.41, 5.74) is 3.02. The number of hydrogen-bond acceptors (Lipinski definition) is 6. The predicted octanol–water partition coefficient (Wildman–Crippen LogP) is 5.88. The quantitative estimate of drug-likeness (QED) is 0.186. The first-order valence-corrected chi connectivity index (χ1v) is 10.6. The number of hydrogen-bond donors (Lipinski definition) is 2. The summed E-state index contributed by atoms with van der Waals surface area (Å²) in [6, 6.07) is 15.2. The third-order valence-electron chi connectivity index (χ3n) is 4.64. The van der Waals surface area contributed by atoms with E-state index in [4.69, 9.17) is 9.47 Å². The molecule has 0 amide bonds. The van der Waals surface area contributed by atoms with Crippen LogP contribution in [0.1, 0.15) is 63.5 Å². The lowest BCUT2D eigenvalue weighted by atomic mass is 10.0. The maximum atomic E-state index is 9.39. The monoisotopic (exact) mass is 412 g/mol. The van der Waals surface area contributed by atoms with Gasteiger partial charge in [0.1, 0.15) is 11.5 Å². The highest BCUT2D eigenvalue weighted by Crippen LogP contribution is 2.18. The summed E-state index contributed by atoms with van der Waals surface area (Å²) in [5, 5.41) is 25.7. The molecule has 2 rings (SSSR count). The van der Waals surface area contributed by atoms with Crippen molar-refractivity contribution in [2.45, 2.75) is 52.4 Å². The molecular weight excluding hydrogens is 380 g/mol. The van der Waals surface area contributed by atoms with Gasteiger partial charge in [-0.3, -0.25) is 0 Å². The zero-order chi connectivity index (χ0) is 21.6. The summed E-state index contributed by atoms with van der Waals surface area (Å²) in [7, 11) is 0. The normalized spacial score (nSPS) is 12.1. The van der Waals surface area contributed by atoms with Crippen molar-refractivity contribution >= 4 is 11.4 Å². The Hall–Kier alpha value is -3.02. The van der Waals surface area contributed by atoms with Gasteiger partial charge in [-0.1, -0.05) is 24.2 Å². The average Bonchev–Trinajstić information content (AvgIpc) is 2.80. The van der Waals surface area contributed by atoms with Gasteiger partial charge in [0.15, 0.2) is 0 Å². The van der Waals surface area contributed by atoms with Crippen molar-refractivity contribution in [3.8, 4) is 11.5 Å². The van der Waals surface area contributed by atoms with Gasteiger partial charge >= 0.3 is 0 Å². The fourth-order valence-corrected chi connectivity index (χ4v) is 3.02. The van der Waals surface area contributed by atoms with Crippen LogP contribution in [-0.2, 0) is 0 Å². The Kier molecular flexibility index (Phi) is 10.3. The molecule has 2 aromatic carbocycles. The van der Waals surface area contributed by atoms with Gasteiger partial charge in [0.05, 0.1) is 24.6 Å². The van der Waals surface area contributed by atoms with Crippen LogP contribution in [-0.4, -0.2) is 35.1 Å². The zero-order valence-electron chi connectivity index (χ0n) is 17.9. The molecule has 0 spiro atoms. The maximum Gasteiger partial charge on any atom is 0.119 e.